The van der Waals surface area contributed by atoms with Gasteiger partial charge in [0.15, 0.2) is 5.03 Å². The number of aromatic nitrogens is 3. The zero-order chi connectivity index (χ0) is 26.6. The summed E-state index contributed by atoms with van der Waals surface area (Å²) in [6.45, 7) is 6.39. The Kier molecular flexibility index (Phi) is 8.07. The van der Waals surface area contributed by atoms with Crippen LogP contribution in [0.5, 0.6) is 0 Å². The monoisotopic (exact) mass is 517 g/mol. The van der Waals surface area contributed by atoms with Crippen molar-refractivity contribution < 1.29 is 20.5 Å². The summed E-state index contributed by atoms with van der Waals surface area (Å²) in [6, 6.07) is 7.84. The Labute approximate surface area is 212 Å². The summed E-state index contributed by atoms with van der Waals surface area (Å²) >= 11 is 0. The zero-order valence-electron chi connectivity index (χ0n) is 20.7. The maximum Gasteiger partial charge on any atom is 0.333 e. The Morgan fingerprint density at radius 1 is 1.28 bits per heavy atom. The third-order valence-corrected chi connectivity index (χ3v) is 6.50. The van der Waals surface area contributed by atoms with Gasteiger partial charge in [0.05, 0.1) is 11.4 Å². The molecule has 2 N–H and O–H groups in total. The minimum atomic E-state index is -4.30. The predicted octanol–water partition coefficient (Wildman–Crippen LogP) is 4.16. The van der Waals surface area contributed by atoms with Crippen LogP contribution >= 0.6 is 0 Å². The van der Waals surface area contributed by atoms with Crippen LogP contribution in [-0.4, -0.2) is 48.2 Å². The topological polar surface area (TPSA) is 133 Å². The first-order chi connectivity index (χ1) is 16.9. The van der Waals surface area contributed by atoms with E-state index in [-0.39, 0.29) is 30.7 Å². The highest BCUT2D eigenvalue weighted by Crippen LogP contribution is 2.36. The molecule has 0 atom stereocenters. The maximum atomic E-state index is 14.5. The fourth-order valence-corrected chi connectivity index (χ4v) is 4.61. The Bertz CT molecular complexity index is 1440. The lowest BCUT2D eigenvalue weighted by molar-refractivity contribution is 0.256. The number of amides is 2. The fraction of sp³-hybridized carbons (Fsp3) is 0.333. The molecule has 194 valence electrons. The number of nitrogens with zero attached hydrogens (tertiary/aromatic N) is 5. The molecule has 1 aromatic carbocycles. The number of rotatable bonds is 8. The third-order valence-electron chi connectivity index (χ3n) is 5.30. The second kappa shape index (κ2) is 10.8. The molecule has 0 unspecified atom stereocenters. The van der Waals surface area contributed by atoms with Gasteiger partial charge in [-0.05, 0) is 62.3 Å². The highest BCUT2D eigenvalue weighted by Gasteiger charge is 2.25. The van der Waals surface area contributed by atoms with E-state index in [9.17, 15) is 22.9 Å². The number of sulfonamides is 1. The molecule has 12 heteroatoms. The number of anilines is 1. The molecule has 0 saturated carbocycles. The van der Waals surface area contributed by atoms with E-state index in [1.807, 2.05) is 50.6 Å². The van der Waals surface area contributed by atoms with Gasteiger partial charge in [0, 0.05) is 33.8 Å². The maximum absolute atomic E-state index is 14.5. The van der Waals surface area contributed by atoms with Crippen LogP contribution in [0.1, 0.15) is 46.5 Å². The predicted molar refractivity (Wildman–Crippen MR) is 137 cm³/mol. The minimum absolute atomic E-state index is 0. The number of urea groups is 1. The molecule has 3 rings (SSSR count). The van der Waals surface area contributed by atoms with Crippen molar-refractivity contribution in [3.8, 4) is 17.2 Å². The van der Waals surface area contributed by atoms with Gasteiger partial charge in [0.25, 0.3) is 10.0 Å². The smallest absolute Gasteiger partial charge is 0.306 e. The molecule has 0 saturated heterocycles. The van der Waals surface area contributed by atoms with Crippen molar-refractivity contribution in [1.82, 2.24) is 24.4 Å². The van der Waals surface area contributed by atoms with Crippen molar-refractivity contribution in [2.75, 3.05) is 19.4 Å². The first-order valence-electron chi connectivity index (χ1n) is 11.2. The van der Waals surface area contributed by atoms with Crippen LogP contribution in [0.15, 0.2) is 41.6 Å². The van der Waals surface area contributed by atoms with Gasteiger partial charge in [-0.1, -0.05) is 13.8 Å². The van der Waals surface area contributed by atoms with Crippen LogP contribution in [0.3, 0.4) is 0 Å². The molecule has 36 heavy (non-hydrogen) atoms. The standard InChI is InChI=1S/C24H28FN7O3S.2H2/c1-6-32-19(14-31(4)5)12-22(29-32)36(34,35)30-24(33)28-23-20(15(2)3)10-17(25)11-21(23)16-7-8-27-18(9-16)13-26;;/h7-12,15H,6,14H2,1-5H3,(H2,28,30,33);2*1H. The van der Waals surface area contributed by atoms with Gasteiger partial charge in [-0.2, -0.15) is 18.8 Å². The lowest BCUT2D eigenvalue weighted by Gasteiger charge is -2.19. The van der Waals surface area contributed by atoms with Gasteiger partial charge in [0.1, 0.15) is 17.6 Å². The summed E-state index contributed by atoms with van der Waals surface area (Å²) in [5, 5.41) is 15.6. The molecule has 2 heterocycles. The van der Waals surface area contributed by atoms with Gasteiger partial charge in [0.2, 0.25) is 0 Å². The van der Waals surface area contributed by atoms with Gasteiger partial charge < -0.3 is 10.2 Å². The SMILES string of the molecule is CCn1nc(S(=O)(=O)NC(=O)Nc2c(-c3ccnc(C#N)c3)cc(F)cc2C(C)C)cc1CN(C)C.[HH].[HH]. The third kappa shape index (κ3) is 6.05. The number of nitrogens with one attached hydrogen (secondary N) is 2. The molecule has 10 nitrogen and oxygen atoms in total. The van der Waals surface area contributed by atoms with Gasteiger partial charge in [-0.3, -0.25) is 4.68 Å². The van der Waals surface area contributed by atoms with Crippen molar-refractivity contribution in [2.24, 2.45) is 0 Å². The van der Waals surface area contributed by atoms with Crippen LogP contribution in [0, 0.1) is 17.1 Å². The molecule has 0 bridgehead atoms. The van der Waals surface area contributed by atoms with Crippen molar-refractivity contribution >= 4 is 21.7 Å². The van der Waals surface area contributed by atoms with E-state index in [1.54, 1.807) is 10.7 Å². The van der Waals surface area contributed by atoms with Gasteiger partial charge in [-0.15, -0.1) is 0 Å². The number of hydrogen-bond acceptors (Lipinski definition) is 7. The Morgan fingerprint density at radius 3 is 2.61 bits per heavy atom. The van der Waals surface area contributed by atoms with E-state index < -0.39 is 21.9 Å². The lowest BCUT2D eigenvalue weighted by atomic mass is 9.94. The minimum Gasteiger partial charge on any atom is -0.306 e. The lowest BCUT2D eigenvalue weighted by Crippen LogP contribution is -2.35. The molecule has 0 radical (unpaired) electrons. The highest BCUT2D eigenvalue weighted by molar-refractivity contribution is 7.90. The van der Waals surface area contributed by atoms with Crippen LogP contribution < -0.4 is 10.0 Å². The van der Waals surface area contributed by atoms with E-state index in [0.717, 1.165) is 0 Å². The molecular weight excluding hydrogens is 485 g/mol. The molecule has 2 amide bonds. The van der Waals surface area contributed by atoms with Crippen LogP contribution in [0.25, 0.3) is 11.1 Å². The molecular formula is C24H32FN7O3S. The number of carbonyl (C=O) groups is 1. The van der Waals surface area contributed by atoms with E-state index >= 15 is 0 Å². The van der Waals surface area contributed by atoms with Crippen molar-refractivity contribution in [3.63, 3.8) is 0 Å². The second-order valence-electron chi connectivity index (χ2n) is 8.70. The number of aryl methyl sites for hydroxylation is 1. The van der Waals surface area contributed by atoms with Crippen LogP contribution in [0.2, 0.25) is 0 Å². The molecule has 2 aromatic heterocycles. The highest BCUT2D eigenvalue weighted by atomic mass is 32.2. The van der Waals surface area contributed by atoms with Crippen molar-refractivity contribution in [1.29, 1.82) is 5.26 Å². The number of carbonyl (C=O) groups excluding carboxylic acids is 1. The number of benzene rings is 1. The Balaban J connectivity index is 0.00000361. The van der Waals surface area contributed by atoms with E-state index in [2.05, 4.69) is 15.4 Å². The van der Waals surface area contributed by atoms with E-state index in [0.29, 0.717) is 29.9 Å². The number of hydrogen-bond donors (Lipinski definition) is 2. The molecule has 0 aliphatic carbocycles. The quantitative estimate of drug-likeness (QED) is 0.458. The van der Waals surface area contributed by atoms with Crippen LogP contribution in [0.4, 0.5) is 14.9 Å². The average Bonchev–Trinajstić information content (AvgIpc) is 3.22. The molecule has 3 aromatic rings. The first kappa shape index (κ1) is 26.8. The number of halogens is 1. The number of nitriles is 1. The Morgan fingerprint density at radius 2 is 2.00 bits per heavy atom. The fourth-order valence-electron chi connectivity index (χ4n) is 3.71. The first-order valence-corrected chi connectivity index (χ1v) is 12.7. The zero-order valence-corrected chi connectivity index (χ0v) is 21.5. The summed E-state index contributed by atoms with van der Waals surface area (Å²) in [6.07, 6.45) is 1.40. The number of pyridine rings is 1. The van der Waals surface area contributed by atoms with Crippen molar-refractivity contribution in [2.45, 2.75) is 44.8 Å². The summed E-state index contributed by atoms with van der Waals surface area (Å²) in [5.74, 6) is -0.751. The summed E-state index contributed by atoms with van der Waals surface area (Å²) in [4.78, 5) is 18.7. The Hall–Kier alpha value is -3.82. The van der Waals surface area contributed by atoms with E-state index in [4.69, 9.17) is 0 Å². The normalized spacial score (nSPS) is 11.5. The molecule has 0 spiro atoms. The van der Waals surface area contributed by atoms with Crippen LogP contribution in [-0.2, 0) is 23.1 Å². The largest absolute Gasteiger partial charge is 0.333 e. The molecule has 0 fully saturated rings. The summed E-state index contributed by atoms with van der Waals surface area (Å²) < 4.78 is 44.0. The van der Waals surface area contributed by atoms with E-state index in [1.165, 1.54) is 30.5 Å². The average molecular weight is 518 g/mol. The molecule has 0 aliphatic heterocycles. The summed E-state index contributed by atoms with van der Waals surface area (Å²) in [5.41, 5.74) is 2.20. The molecule has 0 aliphatic rings. The summed E-state index contributed by atoms with van der Waals surface area (Å²) in [7, 11) is -0.598. The van der Waals surface area contributed by atoms with Gasteiger partial charge >= 0.3 is 6.03 Å². The van der Waals surface area contributed by atoms with Crippen molar-refractivity contribution in [3.05, 3.63) is 59.3 Å². The second-order valence-corrected chi connectivity index (χ2v) is 10.3. The van der Waals surface area contributed by atoms with Gasteiger partial charge in [-0.25, -0.2) is 18.9 Å².